The van der Waals surface area contributed by atoms with Crippen LogP contribution in [-0.2, 0) is 6.54 Å². The quantitative estimate of drug-likeness (QED) is 0.486. The maximum absolute atomic E-state index is 7.92. The van der Waals surface area contributed by atoms with Gasteiger partial charge in [-0.15, -0.1) is 0 Å². The Labute approximate surface area is 111 Å². The van der Waals surface area contributed by atoms with Gasteiger partial charge in [-0.2, -0.15) is 0 Å². The normalized spacial score (nSPS) is 11.7. The summed E-state index contributed by atoms with van der Waals surface area (Å²) in [6.07, 6.45) is 0.830. The second-order valence-corrected chi connectivity index (χ2v) is 5.28. The van der Waals surface area contributed by atoms with Crippen molar-refractivity contribution in [3.05, 3.63) is 35.9 Å². The summed E-state index contributed by atoms with van der Waals surface area (Å²) >= 11 is 0. The second-order valence-electron chi connectivity index (χ2n) is 5.28. The highest BCUT2D eigenvalue weighted by Crippen LogP contribution is 2.03. The number of hydrogen-bond donors (Lipinski definition) is 2. The summed E-state index contributed by atoms with van der Waals surface area (Å²) in [5.41, 5.74) is 2.32. The van der Waals surface area contributed by atoms with Crippen LogP contribution in [0.15, 0.2) is 35.5 Å². The summed E-state index contributed by atoms with van der Waals surface area (Å²) in [5.74, 6) is 0. The molecule has 0 unspecified atom stereocenters. The molecule has 0 aromatic heterocycles. The second kappa shape index (κ2) is 8.70. The zero-order valence-corrected chi connectivity index (χ0v) is 12.2. The zero-order chi connectivity index (χ0) is 14.0. The van der Waals surface area contributed by atoms with Gasteiger partial charge in [0.1, 0.15) is 0 Å². The number of rotatable bonds is 3. The number of nitrogens with zero attached hydrogens (tertiary/aromatic N) is 1. The fraction of sp³-hybridized carbons (Fsp3) is 0.533. The van der Waals surface area contributed by atoms with Gasteiger partial charge in [-0.25, -0.2) is 0 Å². The molecule has 1 aromatic rings. The molecule has 0 aliphatic rings. The van der Waals surface area contributed by atoms with Crippen molar-refractivity contribution < 1.29 is 5.21 Å². The van der Waals surface area contributed by atoms with Crippen LogP contribution in [0.4, 0.5) is 0 Å². The molecule has 0 aliphatic carbocycles. The molecule has 1 aromatic carbocycles. The van der Waals surface area contributed by atoms with Crippen LogP contribution in [0.2, 0.25) is 0 Å². The van der Waals surface area contributed by atoms with E-state index in [0.717, 1.165) is 18.7 Å². The molecule has 0 heterocycles. The van der Waals surface area contributed by atoms with Crippen molar-refractivity contribution in [3.63, 3.8) is 0 Å². The van der Waals surface area contributed by atoms with Gasteiger partial charge < -0.3 is 10.5 Å². The van der Waals surface area contributed by atoms with Crippen LogP contribution in [0.25, 0.3) is 0 Å². The maximum Gasteiger partial charge on any atom is 0.0537 e. The van der Waals surface area contributed by atoms with Gasteiger partial charge in [0.25, 0.3) is 0 Å². The van der Waals surface area contributed by atoms with E-state index in [2.05, 4.69) is 55.5 Å². The van der Waals surface area contributed by atoms with Gasteiger partial charge in [-0.1, -0.05) is 42.4 Å². The lowest BCUT2D eigenvalue weighted by Gasteiger charge is -2.20. The van der Waals surface area contributed by atoms with Crippen molar-refractivity contribution in [1.82, 2.24) is 5.32 Å². The summed E-state index contributed by atoms with van der Waals surface area (Å²) < 4.78 is 0. The van der Waals surface area contributed by atoms with E-state index < -0.39 is 0 Å². The Hall–Kier alpha value is -1.35. The summed E-state index contributed by atoms with van der Waals surface area (Å²) in [4.78, 5) is 0. The predicted octanol–water partition coefficient (Wildman–Crippen LogP) is 3.82. The molecule has 0 saturated heterocycles. The molecule has 0 saturated carbocycles. The lowest BCUT2D eigenvalue weighted by atomic mass is 10.1. The molecule has 0 fully saturated rings. The van der Waals surface area contributed by atoms with Gasteiger partial charge >= 0.3 is 0 Å². The van der Waals surface area contributed by atoms with E-state index >= 15 is 0 Å². The smallest absolute Gasteiger partial charge is 0.0537 e. The Morgan fingerprint density at radius 3 is 2.11 bits per heavy atom. The van der Waals surface area contributed by atoms with Gasteiger partial charge in [0.15, 0.2) is 0 Å². The Morgan fingerprint density at radius 2 is 1.78 bits per heavy atom. The molecule has 3 nitrogen and oxygen atoms in total. The first-order valence-corrected chi connectivity index (χ1v) is 6.35. The summed E-state index contributed by atoms with van der Waals surface area (Å²) in [7, 11) is 0. The Bertz CT molecular complexity index is 339. The first kappa shape index (κ1) is 16.6. The first-order chi connectivity index (χ1) is 8.39. The van der Waals surface area contributed by atoms with Crippen molar-refractivity contribution in [2.24, 2.45) is 5.16 Å². The molecule has 2 N–H and O–H groups in total. The number of hydrogen-bond acceptors (Lipinski definition) is 3. The average Bonchev–Trinajstić information content (AvgIpc) is 2.36. The van der Waals surface area contributed by atoms with Gasteiger partial charge in [-0.05, 0) is 39.7 Å². The Morgan fingerprint density at radius 1 is 1.22 bits per heavy atom. The number of benzene rings is 1. The van der Waals surface area contributed by atoms with E-state index in [1.54, 1.807) is 6.92 Å². The van der Waals surface area contributed by atoms with Gasteiger partial charge in [0, 0.05) is 12.1 Å². The molecule has 0 bridgehead atoms. The first-order valence-electron chi connectivity index (χ1n) is 6.35. The van der Waals surface area contributed by atoms with E-state index in [1.807, 2.05) is 13.0 Å². The maximum atomic E-state index is 7.92. The van der Waals surface area contributed by atoms with E-state index in [0.29, 0.717) is 0 Å². The standard InChI is InChI=1S/C11H17N.C4H9NO/c1-11(2,3)12-9-10-7-5-4-6-8-10;1-3-4(2)5-6/h4-8,12H,9H2,1-3H3;6H,3H2,1-2H3. The Balaban J connectivity index is 0.000000411. The van der Waals surface area contributed by atoms with Crippen molar-refractivity contribution in [3.8, 4) is 0 Å². The summed E-state index contributed by atoms with van der Waals surface area (Å²) in [5, 5.41) is 14.3. The lowest BCUT2D eigenvalue weighted by molar-refractivity contribution is 0.317. The monoisotopic (exact) mass is 250 g/mol. The molecule has 0 aliphatic heterocycles. The minimum atomic E-state index is 0.204. The molecular formula is C15H26N2O. The fourth-order valence-electron chi connectivity index (χ4n) is 1.03. The lowest BCUT2D eigenvalue weighted by Crippen LogP contribution is -2.34. The van der Waals surface area contributed by atoms with Crippen LogP contribution in [0, 0.1) is 0 Å². The van der Waals surface area contributed by atoms with E-state index in [9.17, 15) is 0 Å². The molecule has 102 valence electrons. The molecule has 0 amide bonds. The van der Waals surface area contributed by atoms with Crippen molar-refractivity contribution in [2.75, 3.05) is 0 Å². The predicted molar refractivity (Wildman–Crippen MR) is 78.2 cm³/mol. The molecule has 0 atom stereocenters. The molecule has 18 heavy (non-hydrogen) atoms. The third kappa shape index (κ3) is 9.85. The molecule has 1 rings (SSSR count). The van der Waals surface area contributed by atoms with Gasteiger partial charge in [0.2, 0.25) is 0 Å². The molecule has 0 spiro atoms. The highest BCUT2D eigenvalue weighted by Gasteiger charge is 2.07. The highest BCUT2D eigenvalue weighted by molar-refractivity contribution is 5.80. The minimum Gasteiger partial charge on any atom is -0.411 e. The zero-order valence-electron chi connectivity index (χ0n) is 12.2. The Kier molecular flexibility index (Phi) is 8.05. The van der Waals surface area contributed by atoms with Crippen LogP contribution >= 0.6 is 0 Å². The number of oxime groups is 1. The van der Waals surface area contributed by atoms with Crippen LogP contribution in [0.5, 0.6) is 0 Å². The highest BCUT2D eigenvalue weighted by atomic mass is 16.4. The van der Waals surface area contributed by atoms with Gasteiger partial charge in [0.05, 0.1) is 5.71 Å². The molecule has 0 radical (unpaired) electrons. The summed E-state index contributed by atoms with van der Waals surface area (Å²) in [6, 6.07) is 10.5. The van der Waals surface area contributed by atoms with Crippen molar-refractivity contribution in [1.29, 1.82) is 0 Å². The van der Waals surface area contributed by atoms with Crippen LogP contribution in [0.3, 0.4) is 0 Å². The van der Waals surface area contributed by atoms with Crippen LogP contribution in [-0.4, -0.2) is 16.5 Å². The van der Waals surface area contributed by atoms with E-state index in [-0.39, 0.29) is 5.54 Å². The van der Waals surface area contributed by atoms with Crippen LogP contribution in [0.1, 0.15) is 46.6 Å². The topological polar surface area (TPSA) is 44.6 Å². The summed E-state index contributed by atoms with van der Waals surface area (Å²) in [6.45, 7) is 11.2. The SMILES string of the molecule is CC(C)(C)NCc1ccccc1.CCC(C)=NO. The number of nitrogens with one attached hydrogen (secondary N) is 1. The average molecular weight is 250 g/mol. The minimum absolute atomic E-state index is 0.204. The van der Waals surface area contributed by atoms with Crippen molar-refractivity contribution in [2.45, 2.75) is 53.1 Å². The van der Waals surface area contributed by atoms with E-state index in [1.165, 1.54) is 5.56 Å². The fourth-order valence-corrected chi connectivity index (χ4v) is 1.03. The van der Waals surface area contributed by atoms with E-state index in [4.69, 9.17) is 5.21 Å². The molecular weight excluding hydrogens is 224 g/mol. The third-order valence-electron chi connectivity index (χ3n) is 2.35. The van der Waals surface area contributed by atoms with Crippen LogP contribution < -0.4 is 5.32 Å². The van der Waals surface area contributed by atoms with Crippen molar-refractivity contribution >= 4 is 5.71 Å². The largest absolute Gasteiger partial charge is 0.411 e. The van der Waals surface area contributed by atoms with Gasteiger partial charge in [-0.3, -0.25) is 0 Å². The third-order valence-corrected chi connectivity index (χ3v) is 2.35. The molecule has 3 heteroatoms.